The molecule has 1 saturated carbocycles. The molecule has 1 aromatic heterocycles. The maximum absolute atomic E-state index is 13.8. The molecule has 2 aromatic carbocycles. The first-order valence-corrected chi connectivity index (χ1v) is 11.8. The van der Waals surface area contributed by atoms with Crippen LogP contribution in [0.15, 0.2) is 73.2 Å². The SMILES string of the molecule is CCOc1ccc(C(C(=O)NC2CCCCC2)N(C(=O)c2cnccn2)c2ccccc2)cc1. The van der Waals surface area contributed by atoms with Crippen LogP contribution in [0.1, 0.15) is 61.1 Å². The Bertz CT molecular complexity index is 1070. The maximum atomic E-state index is 13.8. The molecule has 1 heterocycles. The second kappa shape index (κ2) is 11.4. The lowest BCUT2D eigenvalue weighted by molar-refractivity contribution is -0.123. The van der Waals surface area contributed by atoms with Crippen molar-refractivity contribution in [3.05, 3.63) is 84.4 Å². The molecule has 0 aliphatic heterocycles. The highest BCUT2D eigenvalue weighted by Gasteiger charge is 2.35. The number of rotatable bonds is 8. The van der Waals surface area contributed by atoms with Crippen molar-refractivity contribution in [3.8, 4) is 5.75 Å². The van der Waals surface area contributed by atoms with Crippen LogP contribution in [0.2, 0.25) is 0 Å². The van der Waals surface area contributed by atoms with E-state index in [4.69, 9.17) is 4.74 Å². The molecule has 0 spiro atoms. The van der Waals surface area contributed by atoms with Gasteiger partial charge in [-0.25, -0.2) is 4.98 Å². The van der Waals surface area contributed by atoms with Gasteiger partial charge in [-0.2, -0.15) is 0 Å². The highest BCUT2D eigenvalue weighted by atomic mass is 16.5. The van der Waals surface area contributed by atoms with E-state index in [1.165, 1.54) is 29.9 Å². The zero-order valence-corrected chi connectivity index (χ0v) is 19.4. The van der Waals surface area contributed by atoms with E-state index in [2.05, 4.69) is 15.3 Å². The molecule has 7 nitrogen and oxygen atoms in total. The van der Waals surface area contributed by atoms with Gasteiger partial charge in [-0.3, -0.25) is 19.5 Å². The van der Waals surface area contributed by atoms with Crippen LogP contribution in [0.3, 0.4) is 0 Å². The normalized spacial score (nSPS) is 14.7. The number of para-hydroxylation sites is 1. The number of carbonyl (C=O) groups is 2. The molecule has 1 unspecified atom stereocenters. The topological polar surface area (TPSA) is 84.4 Å². The van der Waals surface area contributed by atoms with E-state index in [9.17, 15) is 9.59 Å². The number of nitrogens with zero attached hydrogens (tertiary/aromatic N) is 3. The van der Waals surface area contributed by atoms with Crippen LogP contribution < -0.4 is 15.0 Å². The lowest BCUT2D eigenvalue weighted by Gasteiger charge is -2.33. The van der Waals surface area contributed by atoms with E-state index in [0.717, 1.165) is 25.7 Å². The fourth-order valence-corrected chi connectivity index (χ4v) is 4.36. The third kappa shape index (κ3) is 5.60. The summed E-state index contributed by atoms with van der Waals surface area (Å²) in [6, 6.07) is 15.8. The summed E-state index contributed by atoms with van der Waals surface area (Å²) in [4.78, 5) is 37.3. The third-order valence-corrected chi connectivity index (χ3v) is 6.00. The van der Waals surface area contributed by atoms with Gasteiger partial charge >= 0.3 is 0 Å². The molecule has 1 aliphatic rings. The summed E-state index contributed by atoms with van der Waals surface area (Å²) in [6.45, 7) is 2.47. The number of benzene rings is 2. The van der Waals surface area contributed by atoms with Gasteiger partial charge in [-0.15, -0.1) is 0 Å². The summed E-state index contributed by atoms with van der Waals surface area (Å²) >= 11 is 0. The van der Waals surface area contributed by atoms with Crippen molar-refractivity contribution in [2.75, 3.05) is 11.5 Å². The highest BCUT2D eigenvalue weighted by molar-refractivity contribution is 6.09. The lowest BCUT2D eigenvalue weighted by atomic mass is 9.94. The standard InChI is InChI=1S/C27H30N4O3/c1-2-34-23-15-13-20(14-16-23)25(26(32)30-21-9-5-3-6-10-21)31(22-11-7-4-8-12-22)27(33)24-19-28-17-18-29-24/h4,7-8,11-19,21,25H,2-3,5-6,9-10H2,1H3,(H,30,32). The number of hydrogen-bond donors (Lipinski definition) is 1. The van der Waals surface area contributed by atoms with Crippen molar-refractivity contribution in [2.24, 2.45) is 0 Å². The monoisotopic (exact) mass is 458 g/mol. The Morgan fingerprint density at radius 1 is 1.03 bits per heavy atom. The third-order valence-electron chi connectivity index (χ3n) is 6.00. The molecule has 7 heteroatoms. The predicted octanol–water partition coefficient (Wildman–Crippen LogP) is 4.71. The Kier molecular flexibility index (Phi) is 7.86. The number of amides is 2. The molecule has 3 aromatic rings. The fraction of sp³-hybridized carbons (Fsp3) is 0.333. The Morgan fingerprint density at radius 3 is 2.41 bits per heavy atom. The van der Waals surface area contributed by atoms with Gasteiger partial charge in [-0.05, 0) is 49.6 Å². The van der Waals surface area contributed by atoms with E-state index in [1.807, 2.05) is 61.5 Å². The number of carbonyl (C=O) groups excluding carboxylic acids is 2. The molecule has 1 fully saturated rings. The molecule has 4 rings (SSSR count). The Balaban J connectivity index is 1.76. The summed E-state index contributed by atoms with van der Waals surface area (Å²) in [5.74, 6) is 0.110. The molecule has 34 heavy (non-hydrogen) atoms. The number of ether oxygens (including phenoxy) is 1. The minimum Gasteiger partial charge on any atom is -0.494 e. The Hall–Kier alpha value is -3.74. The first-order chi connectivity index (χ1) is 16.7. The summed E-state index contributed by atoms with van der Waals surface area (Å²) < 4.78 is 5.59. The fourth-order valence-electron chi connectivity index (χ4n) is 4.36. The van der Waals surface area contributed by atoms with Gasteiger partial charge in [0.05, 0.1) is 12.8 Å². The molecule has 2 amide bonds. The molecule has 176 valence electrons. The van der Waals surface area contributed by atoms with Gasteiger partial charge < -0.3 is 10.1 Å². The molecule has 1 atom stereocenters. The van der Waals surface area contributed by atoms with E-state index in [0.29, 0.717) is 23.6 Å². The van der Waals surface area contributed by atoms with Gasteiger partial charge in [0.2, 0.25) is 5.91 Å². The molecule has 1 aliphatic carbocycles. The van der Waals surface area contributed by atoms with E-state index >= 15 is 0 Å². The number of hydrogen-bond acceptors (Lipinski definition) is 5. The summed E-state index contributed by atoms with van der Waals surface area (Å²) in [7, 11) is 0. The smallest absolute Gasteiger partial charge is 0.279 e. The Morgan fingerprint density at radius 2 is 1.76 bits per heavy atom. The maximum Gasteiger partial charge on any atom is 0.279 e. The first kappa shape index (κ1) is 23.4. The molecular formula is C27H30N4O3. The number of anilines is 1. The second-order valence-corrected chi connectivity index (χ2v) is 8.35. The molecule has 0 saturated heterocycles. The van der Waals surface area contributed by atoms with Gasteiger partial charge in [0.1, 0.15) is 17.5 Å². The van der Waals surface area contributed by atoms with Crippen molar-refractivity contribution < 1.29 is 14.3 Å². The predicted molar refractivity (Wildman–Crippen MR) is 131 cm³/mol. The Labute approximate surface area is 200 Å². The van der Waals surface area contributed by atoms with Gasteiger partial charge in [0.15, 0.2) is 0 Å². The zero-order valence-electron chi connectivity index (χ0n) is 19.4. The largest absolute Gasteiger partial charge is 0.494 e. The van der Waals surface area contributed by atoms with Gasteiger partial charge in [-0.1, -0.05) is 49.6 Å². The average Bonchev–Trinajstić information content (AvgIpc) is 2.89. The van der Waals surface area contributed by atoms with Crippen LogP contribution in [0, 0.1) is 0 Å². The van der Waals surface area contributed by atoms with Crippen LogP contribution in [0.5, 0.6) is 5.75 Å². The lowest BCUT2D eigenvalue weighted by Crippen LogP contribution is -2.47. The van der Waals surface area contributed by atoms with E-state index in [1.54, 1.807) is 0 Å². The van der Waals surface area contributed by atoms with Crippen molar-refractivity contribution in [1.82, 2.24) is 15.3 Å². The molecule has 0 bridgehead atoms. The summed E-state index contributed by atoms with van der Waals surface area (Å²) in [5, 5.41) is 3.21. The van der Waals surface area contributed by atoms with E-state index in [-0.39, 0.29) is 17.6 Å². The molecule has 1 N–H and O–H groups in total. The minimum atomic E-state index is -0.880. The first-order valence-electron chi connectivity index (χ1n) is 11.8. The van der Waals surface area contributed by atoms with Crippen LogP contribution in [0.25, 0.3) is 0 Å². The van der Waals surface area contributed by atoms with E-state index < -0.39 is 11.9 Å². The van der Waals surface area contributed by atoms with Crippen molar-refractivity contribution in [1.29, 1.82) is 0 Å². The number of aromatic nitrogens is 2. The van der Waals surface area contributed by atoms with Crippen molar-refractivity contribution >= 4 is 17.5 Å². The van der Waals surface area contributed by atoms with Crippen molar-refractivity contribution in [2.45, 2.75) is 51.1 Å². The van der Waals surface area contributed by atoms with Gasteiger partial charge in [0.25, 0.3) is 5.91 Å². The van der Waals surface area contributed by atoms with Crippen molar-refractivity contribution in [3.63, 3.8) is 0 Å². The van der Waals surface area contributed by atoms with Crippen LogP contribution in [0.4, 0.5) is 5.69 Å². The quantitative estimate of drug-likeness (QED) is 0.528. The summed E-state index contributed by atoms with van der Waals surface area (Å²) in [5.41, 5.74) is 1.47. The summed E-state index contributed by atoms with van der Waals surface area (Å²) in [6.07, 6.45) is 9.70. The van der Waals surface area contributed by atoms with Crippen LogP contribution in [-0.4, -0.2) is 34.4 Å². The minimum absolute atomic E-state index is 0.107. The number of nitrogens with one attached hydrogen (secondary N) is 1. The molecular weight excluding hydrogens is 428 g/mol. The van der Waals surface area contributed by atoms with Crippen LogP contribution in [-0.2, 0) is 4.79 Å². The second-order valence-electron chi connectivity index (χ2n) is 8.35. The average molecular weight is 459 g/mol. The van der Waals surface area contributed by atoms with Gasteiger partial charge in [0, 0.05) is 24.1 Å². The van der Waals surface area contributed by atoms with Crippen LogP contribution >= 0.6 is 0 Å². The molecule has 0 radical (unpaired) electrons. The highest BCUT2D eigenvalue weighted by Crippen LogP contribution is 2.31. The zero-order chi connectivity index (χ0) is 23.8.